The van der Waals surface area contributed by atoms with Crippen LogP contribution in [-0.2, 0) is 9.53 Å². The number of hydrogen-bond acceptors (Lipinski definition) is 6. The average Bonchev–Trinajstić information content (AvgIpc) is 2.38. The summed E-state index contributed by atoms with van der Waals surface area (Å²) in [5.41, 5.74) is -2.51. The highest BCUT2D eigenvalue weighted by Gasteiger charge is 2.58. The second-order valence-corrected chi connectivity index (χ2v) is 6.84. The summed E-state index contributed by atoms with van der Waals surface area (Å²) >= 11 is 0. The van der Waals surface area contributed by atoms with Crippen molar-refractivity contribution >= 4 is 5.97 Å². The zero-order valence-corrected chi connectivity index (χ0v) is 12.9. The van der Waals surface area contributed by atoms with Crippen LogP contribution in [0.15, 0.2) is 0 Å². The van der Waals surface area contributed by atoms with E-state index in [0.29, 0.717) is 0 Å². The van der Waals surface area contributed by atoms with E-state index in [2.05, 4.69) is 0 Å². The Labute approximate surface area is 124 Å². The molecule has 0 radical (unpaired) electrons. The van der Waals surface area contributed by atoms with Crippen LogP contribution in [0, 0.1) is 11.3 Å². The highest BCUT2D eigenvalue weighted by atomic mass is 16.6. The highest BCUT2D eigenvalue weighted by molar-refractivity contribution is 5.79. The third kappa shape index (κ3) is 3.22. The Kier molecular flexibility index (Phi) is 5.39. The molecule has 7 nitrogen and oxygen atoms in total. The Morgan fingerprint density at radius 2 is 1.90 bits per heavy atom. The van der Waals surface area contributed by atoms with E-state index in [1.54, 1.807) is 27.7 Å². The standard InChI is InChI=1S/C14H26O7/c1-7-8(16)5-14(12(19)20,13(2,3)4)21-11(7)10(18)9(17)6-15/h7-11,15-18H,5-6H2,1-4H3,(H,19,20)/t7-,8?,9-,10-,11?,14-/m1/s1. The molecule has 1 aliphatic rings. The van der Waals surface area contributed by atoms with Gasteiger partial charge in [0, 0.05) is 17.8 Å². The van der Waals surface area contributed by atoms with E-state index in [1.165, 1.54) is 0 Å². The number of carbonyl (C=O) groups is 1. The highest BCUT2D eigenvalue weighted by Crippen LogP contribution is 2.45. The summed E-state index contributed by atoms with van der Waals surface area (Å²) in [7, 11) is 0. The van der Waals surface area contributed by atoms with Gasteiger partial charge in [-0.15, -0.1) is 0 Å². The molecule has 1 saturated heterocycles. The normalized spacial score (nSPS) is 37.0. The summed E-state index contributed by atoms with van der Waals surface area (Å²) < 4.78 is 5.69. The average molecular weight is 306 g/mol. The summed E-state index contributed by atoms with van der Waals surface area (Å²) in [4.78, 5) is 11.8. The van der Waals surface area contributed by atoms with Gasteiger partial charge < -0.3 is 30.3 Å². The van der Waals surface area contributed by atoms with E-state index in [-0.39, 0.29) is 6.42 Å². The third-order valence-corrected chi connectivity index (χ3v) is 4.43. The fraction of sp³-hybridized carbons (Fsp3) is 0.929. The summed E-state index contributed by atoms with van der Waals surface area (Å²) in [6.07, 6.45) is -5.15. The third-order valence-electron chi connectivity index (χ3n) is 4.43. The number of carboxylic acid groups (broad SMARTS) is 1. The second-order valence-electron chi connectivity index (χ2n) is 6.84. The predicted molar refractivity (Wildman–Crippen MR) is 73.6 cm³/mol. The van der Waals surface area contributed by atoms with Crippen LogP contribution in [0.1, 0.15) is 34.1 Å². The minimum absolute atomic E-state index is 0.106. The van der Waals surface area contributed by atoms with E-state index < -0.39 is 53.9 Å². The van der Waals surface area contributed by atoms with Crippen LogP contribution in [0.5, 0.6) is 0 Å². The number of rotatable bonds is 4. The Balaban J connectivity index is 3.20. The zero-order chi connectivity index (χ0) is 16.6. The largest absolute Gasteiger partial charge is 0.479 e. The van der Waals surface area contributed by atoms with Crippen molar-refractivity contribution in [3.63, 3.8) is 0 Å². The van der Waals surface area contributed by atoms with Crippen molar-refractivity contribution in [1.29, 1.82) is 0 Å². The molecular formula is C14H26O7. The Morgan fingerprint density at radius 1 is 1.38 bits per heavy atom. The van der Waals surface area contributed by atoms with Gasteiger partial charge in [-0.2, -0.15) is 0 Å². The summed E-state index contributed by atoms with van der Waals surface area (Å²) in [5, 5.41) is 48.4. The lowest BCUT2D eigenvalue weighted by Crippen LogP contribution is -2.64. The van der Waals surface area contributed by atoms with Crippen LogP contribution in [0.4, 0.5) is 0 Å². The molecule has 0 aliphatic carbocycles. The molecule has 0 aromatic heterocycles. The van der Waals surface area contributed by atoms with E-state index >= 15 is 0 Å². The maximum Gasteiger partial charge on any atom is 0.336 e. The first kappa shape index (κ1) is 18.3. The Bertz CT molecular complexity index is 378. The number of aliphatic hydroxyl groups excluding tert-OH is 4. The van der Waals surface area contributed by atoms with Crippen molar-refractivity contribution in [3.05, 3.63) is 0 Å². The molecule has 0 aromatic carbocycles. The second kappa shape index (κ2) is 6.18. The first-order valence-electron chi connectivity index (χ1n) is 7.04. The van der Waals surface area contributed by atoms with Crippen molar-refractivity contribution in [1.82, 2.24) is 0 Å². The zero-order valence-electron chi connectivity index (χ0n) is 12.9. The molecule has 0 amide bonds. The van der Waals surface area contributed by atoms with Gasteiger partial charge in [0.05, 0.1) is 18.8 Å². The van der Waals surface area contributed by atoms with E-state index in [4.69, 9.17) is 9.84 Å². The van der Waals surface area contributed by atoms with Crippen molar-refractivity contribution in [2.75, 3.05) is 6.61 Å². The molecule has 0 bridgehead atoms. The van der Waals surface area contributed by atoms with Gasteiger partial charge in [-0.05, 0) is 0 Å². The molecule has 0 aromatic rings. The van der Waals surface area contributed by atoms with Gasteiger partial charge in [0.25, 0.3) is 0 Å². The number of aliphatic carboxylic acids is 1. The first-order valence-corrected chi connectivity index (χ1v) is 7.04. The van der Waals surface area contributed by atoms with Gasteiger partial charge >= 0.3 is 5.97 Å². The van der Waals surface area contributed by atoms with Crippen LogP contribution in [0.2, 0.25) is 0 Å². The van der Waals surface area contributed by atoms with Crippen molar-refractivity contribution < 1.29 is 35.1 Å². The SMILES string of the molecule is C[C@@H]1C(O)C[C@@](C(=O)O)(C(C)(C)C)OC1[C@H](O)[C@H](O)CO. The van der Waals surface area contributed by atoms with Crippen LogP contribution in [-0.4, -0.2) is 68.1 Å². The summed E-state index contributed by atoms with van der Waals surface area (Å²) in [6, 6.07) is 0. The number of aliphatic hydroxyl groups is 4. The number of carboxylic acids is 1. The molecule has 6 atom stereocenters. The van der Waals surface area contributed by atoms with E-state index in [0.717, 1.165) is 0 Å². The van der Waals surface area contributed by atoms with Crippen molar-refractivity contribution in [2.24, 2.45) is 11.3 Å². The van der Waals surface area contributed by atoms with Crippen LogP contribution < -0.4 is 0 Å². The van der Waals surface area contributed by atoms with Gasteiger partial charge in [0.2, 0.25) is 0 Å². The molecule has 1 rings (SSSR count). The molecule has 124 valence electrons. The summed E-state index contributed by atoms with van der Waals surface area (Å²) in [6.45, 7) is 5.96. The quantitative estimate of drug-likeness (QED) is 0.467. The van der Waals surface area contributed by atoms with Gasteiger partial charge in [0.1, 0.15) is 12.2 Å². The monoisotopic (exact) mass is 306 g/mol. The molecular weight excluding hydrogens is 280 g/mol. The lowest BCUT2D eigenvalue weighted by atomic mass is 9.68. The Morgan fingerprint density at radius 3 is 2.29 bits per heavy atom. The maximum atomic E-state index is 11.8. The maximum absolute atomic E-state index is 11.8. The lowest BCUT2D eigenvalue weighted by Gasteiger charge is -2.51. The molecule has 7 heteroatoms. The minimum Gasteiger partial charge on any atom is -0.479 e. The summed E-state index contributed by atoms with van der Waals surface area (Å²) in [5.74, 6) is -1.80. The molecule has 1 heterocycles. The first-order chi connectivity index (χ1) is 9.48. The minimum atomic E-state index is -1.68. The molecule has 1 aliphatic heterocycles. The number of hydrogen-bond donors (Lipinski definition) is 5. The van der Waals surface area contributed by atoms with Crippen LogP contribution in [0.3, 0.4) is 0 Å². The molecule has 21 heavy (non-hydrogen) atoms. The van der Waals surface area contributed by atoms with Crippen molar-refractivity contribution in [2.45, 2.75) is 64.1 Å². The fourth-order valence-corrected chi connectivity index (χ4v) is 2.74. The lowest BCUT2D eigenvalue weighted by molar-refractivity contribution is -0.261. The van der Waals surface area contributed by atoms with Crippen LogP contribution in [0.25, 0.3) is 0 Å². The number of ether oxygens (including phenoxy) is 1. The van der Waals surface area contributed by atoms with E-state index in [1.807, 2.05) is 0 Å². The van der Waals surface area contributed by atoms with Crippen molar-refractivity contribution in [3.8, 4) is 0 Å². The smallest absolute Gasteiger partial charge is 0.336 e. The van der Waals surface area contributed by atoms with E-state index in [9.17, 15) is 25.2 Å². The Hall–Kier alpha value is -0.730. The molecule has 0 spiro atoms. The predicted octanol–water partition coefficient (Wildman–Crippen LogP) is -0.644. The molecule has 2 unspecified atom stereocenters. The molecule has 5 N–H and O–H groups in total. The topological polar surface area (TPSA) is 127 Å². The van der Waals surface area contributed by atoms with Gasteiger partial charge in [-0.3, -0.25) is 0 Å². The fourth-order valence-electron chi connectivity index (χ4n) is 2.74. The van der Waals surface area contributed by atoms with Gasteiger partial charge in [-0.25, -0.2) is 4.79 Å². The van der Waals surface area contributed by atoms with Gasteiger partial charge in [-0.1, -0.05) is 27.7 Å². The van der Waals surface area contributed by atoms with Crippen LogP contribution >= 0.6 is 0 Å². The molecule has 0 saturated carbocycles. The molecule has 1 fully saturated rings. The van der Waals surface area contributed by atoms with Gasteiger partial charge in [0.15, 0.2) is 5.60 Å².